The Morgan fingerprint density at radius 1 is 1.36 bits per heavy atom. The molecule has 0 aromatic rings. The van der Waals surface area contributed by atoms with E-state index in [1.165, 1.54) is 19.4 Å². The van der Waals surface area contributed by atoms with E-state index in [1.54, 1.807) is 0 Å². The number of hydrogen-bond acceptors (Lipinski definition) is 2. The Kier molecular flexibility index (Phi) is 9.00. The molecule has 0 saturated carbocycles. The van der Waals surface area contributed by atoms with Crippen molar-refractivity contribution in [2.45, 2.75) is 39.7 Å². The fourth-order valence-corrected chi connectivity index (χ4v) is 1.56. The minimum atomic E-state index is 0.611. The van der Waals surface area contributed by atoms with Crippen LogP contribution in [0.25, 0.3) is 0 Å². The Labute approximate surface area is 89.4 Å². The molecule has 0 aliphatic carbocycles. The molecule has 14 heavy (non-hydrogen) atoms. The fourth-order valence-electron chi connectivity index (χ4n) is 1.56. The van der Waals surface area contributed by atoms with Gasteiger partial charge in [-0.15, -0.1) is 6.58 Å². The largest absolute Gasteiger partial charge is 0.315 e. The first-order valence-corrected chi connectivity index (χ1v) is 5.81. The molecule has 0 bridgehead atoms. The molecule has 0 fully saturated rings. The van der Waals surface area contributed by atoms with Crippen LogP contribution in [0.4, 0.5) is 0 Å². The molecule has 0 heterocycles. The molecule has 0 rings (SSSR count). The molecule has 0 aliphatic heterocycles. The summed E-state index contributed by atoms with van der Waals surface area (Å²) in [6, 6.07) is 0.611. The van der Waals surface area contributed by atoms with Crippen LogP contribution in [0.5, 0.6) is 0 Å². The highest BCUT2D eigenvalue weighted by molar-refractivity contribution is 4.78. The van der Waals surface area contributed by atoms with E-state index in [-0.39, 0.29) is 0 Å². The number of nitrogens with zero attached hydrogens (tertiary/aromatic N) is 1. The highest BCUT2D eigenvalue weighted by atomic mass is 15.2. The van der Waals surface area contributed by atoms with Gasteiger partial charge in [-0.2, -0.15) is 0 Å². The summed E-state index contributed by atoms with van der Waals surface area (Å²) in [6.07, 6.45) is 4.42. The van der Waals surface area contributed by atoms with Crippen molar-refractivity contribution in [1.82, 2.24) is 10.2 Å². The van der Waals surface area contributed by atoms with Gasteiger partial charge in [-0.25, -0.2) is 0 Å². The zero-order valence-corrected chi connectivity index (χ0v) is 10.1. The van der Waals surface area contributed by atoms with Crippen LogP contribution in [0.15, 0.2) is 12.7 Å². The summed E-state index contributed by atoms with van der Waals surface area (Å²) in [5.74, 6) is 0. The van der Waals surface area contributed by atoms with Crippen LogP contribution in [0.3, 0.4) is 0 Å². The molecular formula is C12H26N2. The van der Waals surface area contributed by atoms with Crippen molar-refractivity contribution >= 4 is 0 Å². The van der Waals surface area contributed by atoms with Crippen LogP contribution in [0, 0.1) is 0 Å². The van der Waals surface area contributed by atoms with Gasteiger partial charge in [0.2, 0.25) is 0 Å². The Bertz CT molecular complexity index is 134. The first-order valence-electron chi connectivity index (χ1n) is 5.81. The standard InChI is InChI=1S/C12H26N2/c1-5-8-13-11-12(4)14(9-6-2)10-7-3/h6,12-13H,2,5,7-11H2,1,3-4H3. The van der Waals surface area contributed by atoms with Gasteiger partial charge in [-0.1, -0.05) is 19.9 Å². The van der Waals surface area contributed by atoms with Crippen LogP contribution < -0.4 is 5.32 Å². The van der Waals surface area contributed by atoms with Gasteiger partial charge in [0.1, 0.15) is 0 Å². The van der Waals surface area contributed by atoms with Gasteiger partial charge in [0.15, 0.2) is 0 Å². The maximum absolute atomic E-state index is 3.80. The second kappa shape index (κ2) is 9.22. The Morgan fingerprint density at radius 2 is 2.07 bits per heavy atom. The lowest BCUT2D eigenvalue weighted by Gasteiger charge is -2.27. The highest BCUT2D eigenvalue weighted by Crippen LogP contribution is 1.99. The molecule has 1 N–H and O–H groups in total. The van der Waals surface area contributed by atoms with Crippen molar-refractivity contribution in [1.29, 1.82) is 0 Å². The lowest BCUT2D eigenvalue weighted by Crippen LogP contribution is -2.41. The summed E-state index contributed by atoms with van der Waals surface area (Å²) in [4.78, 5) is 2.47. The number of rotatable bonds is 9. The van der Waals surface area contributed by atoms with Crippen molar-refractivity contribution in [3.8, 4) is 0 Å². The van der Waals surface area contributed by atoms with Crippen molar-refractivity contribution < 1.29 is 0 Å². The first kappa shape index (κ1) is 13.7. The molecule has 1 atom stereocenters. The van der Waals surface area contributed by atoms with E-state index in [9.17, 15) is 0 Å². The third-order valence-corrected chi connectivity index (χ3v) is 2.36. The average Bonchev–Trinajstić information content (AvgIpc) is 2.18. The first-order chi connectivity index (χ1) is 6.76. The van der Waals surface area contributed by atoms with E-state index in [2.05, 4.69) is 37.6 Å². The van der Waals surface area contributed by atoms with Crippen molar-refractivity contribution in [2.24, 2.45) is 0 Å². The van der Waals surface area contributed by atoms with E-state index >= 15 is 0 Å². The predicted molar refractivity (Wildman–Crippen MR) is 64.7 cm³/mol. The molecule has 1 unspecified atom stereocenters. The summed E-state index contributed by atoms with van der Waals surface area (Å²) in [5, 5.41) is 3.46. The Balaban J connectivity index is 3.75. The molecule has 0 spiro atoms. The minimum Gasteiger partial charge on any atom is -0.315 e. The Hall–Kier alpha value is -0.340. The molecule has 0 saturated heterocycles. The highest BCUT2D eigenvalue weighted by Gasteiger charge is 2.09. The van der Waals surface area contributed by atoms with E-state index in [1.807, 2.05) is 6.08 Å². The molecule has 2 heteroatoms. The molecule has 84 valence electrons. The predicted octanol–water partition coefficient (Wildman–Crippen LogP) is 2.27. The molecular weight excluding hydrogens is 172 g/mol. The lowest BCUT2D eigenvalue weighted by atomic mass is 10.2. The minimum absolute atomic E-state index is 0.611. The Morgan fingerprint density at radius 3 is 2.57 bits per heavy atom. The second-order valence-electron chi connectivity index (χ2n) is 3.84. The number of hydrogen-bond donors (Lipinski definition) is 1. The summed E-state index contributed by atoms with van der Waals surface area (Å²) in [6.45, 7) is 14.9. The SMILES string of the molecule is C=CCN(CCC)C(C)CNCCC. The summed E-state index contributed by atoms with van der Waals surface area (Å²) in [5.41, 5.74) is 0. The van der Waals surface area contributed by atoms with Gasteiger partial charge in [0, 0.05) is 19.1 Å². The maximum Gasteiger partial charge on any atom is 0.0195 e. The van der Waals surface area contributed by atoms with Crippen LogP contribution >= 0.6 is 0 Å². The second-order valence-corrected chi connectivity index (χ2v) is 3.84. The van der Waals surface area contributed by atoms with Crippen molar-refractivity contribution in [3.05, 3.63) is 12.7 Å². The quantitative estimate of drug-likeness (QED) is 0.452. The maximum atomic E-state index is 3.80. The molecule has 0 aromatic carbocycles. The van der Waals surface area contributed by atoms with Gasteiger partial charge < -0.3 is 5.32 Å². The van der Waals surface area contributed by atoms with Crippen LogP contribution in [0.1, 0.15) is 33.6 Å². The van der Waals surface area contributed by atoms with Crippen LogP contribution in [-0.4, -0.2) is 37.1 Å². The number of nitrogens with one attached hydrogen (secondary N) is 1. The smallest absolute Gasteiger partial charge is 0.0195 e. The topological polar surface area (TPSA) is 15.3 Å². The van der Waals surface area contributed by atoms with Crippen LogP contribution in [-0.2, 0) is 0 Å². The third-order valence-electron chi connectivity index (χ3n) is 2.36. The normalized spacial score (nSPS) is 13.1. The fraction of sp³-hybridized carbons (Fsp3) is 0.833. The zero-order valence-electron chi connectivity index (χ0n) is 10.1. The van der Waals surface area contributed by atoms with Gasteiger partial charge in [-0.3, -0.25) is 4.90 Å². The van der Waals surface area contributed by atoms with Crippen LogP contribution in [0.2, 0.25) is 0 Å². The van der Waals surface area contributed by atoms with Gasteiger partial charge in [0.05, 0.1) is 0 Å². The molecule has 0 amide bonds. The monoisotopic (exact) mass is 198 g/mol. The molecule has 0 aromatic heterocycles. The van der Waals surface area contributed by atoms with Crippen molar-refractivity contribution in [3.63, 3.8) is 0 Å². The van der Waals surface area contributed by atoms with E-state index in [0.717, 1.165) is 19.6 Å². The summed E-state index contributed by atoms with van der Waals surface area (Å²) in [7, 11) is 0. The van der Waals surface area contributed by atoms with E-state index < -0.39 is 0 Å². The van der Waals surface area contributed by atoms with Gasteiger partial charge in [-0.05, 0) is 32.9 Å². The molecule has 0 aliphatic rings. The van der Waals surface area contributed by atoms with Gasteiger partial charge in [0.25, 0.3) is 0 Å². The van der Waals surface area contributed by atoms with Crippen molar-refractivity contribution in [2.75, 3.05) is 26.2 Å². The third kappa shape index (κ3) is 6.17. The summed E-state index contributed by atoms with van der Waals surface area (Å²) < 4.78 is 0. The molecule has 2 nitrogen and oxygen atoms in total. The summed E-state index contributed by atoms with van der Waals surface area (Å²) >= 11 is 0. The van der Waals surface area contributed by atoms with Gasteiger partial charge >= 0.3 is 0 Å². The molecule has 0 radical (unpaired) electrons. The van der Waals surface area contributed by atoms with E-state index in [0.29, 0.717) is 6.04 Å². The average molecular weight is 198 g/mol. The lowest BCUT2D eigenvalue weighted by molar-refractivity contribution is 0.226. The van der Waals surface area contributed by atoms with E-state index in [4.69, 9.17) is 0 Å². The zero-order chi connectivity index (χ0) is 10.8.